The van der Waals surface area contributed by atoms with Crippen LogP contribution in [0, 0.1) is 0 Å². The Morgan fingerprint density at radius 2 is 1.46 bits per heavy atom. The Labute approximate surface area is 146 Å². The maximum absolute atomic E-state index is 6.01. The number of unbranched alkanes of at least 4 members (excludes halogenated alkanes) is 5. The predicted molar refractivity (Wildman–Crippen MR) is 103 cm³/mol. The zero-order valence-electron chi connectivity index (χ0n) is 14.9. The number of benzene rings is 2. The smallest absolute Gasteiger partial charge is 0.127 e. The summed E-state index contributed by atoms with van der Waals surface area (Å²) >= 11 is 0. The molecule has 0 N–H and O–H groups in total. The lowest BCUT2D eigenvalue weighted by Gasteiger charge is -2.13. The van der Waals surface area contributed by atoms with E-state index in [9.17, 15) is 0 Å². The summed E-state index contributed by atoms with van der Waals surface area (Å²) in [5.74, 6) is 1.03. The van der Waals surface area contributed by atoms with Gasteiger partial charge in [0.1, 0.15) is 5.75 Å². The molecule has 2 aromatic carbocycles. The number of hydrogen-bond donors (Lipinski definition) is 0. The van der Waals surface area contributed by atoms with Gasteiger partial charge in [-0.25, -0.2) is 0 Å². The number of likely N-dealkylation sites (tertiary alicyclic amines) is 1. The monoisotopic (exact) mass is 325 g/mol. The van der Waals surface area contributed by atoms with Crippen molar-refractivity contribution in [2.75, 3.05) is 26.2 Å². The van der Waals surface area contributed by atoms with Crippen molar-refractivity contribution in [2.24, 2.45) is 0 Å². The van der Waals surface area contributed by atoms with Crippen LogP contribution in [0.3, 0.4) is 0 Å². The zero-order chi connectivity index (χ0) is 16.5. The van der Waals surface area contributed by atoms with E-state index in [1.54, 1.807) is 0 Å². The minimum Gasteiger partial charge on any atom is -0.493 e. The third kappa shape index (κ3) is 5.24. The van der Waals surface area contributed by atoms with Gasteiger partial charge in [0.15, 0.2) is 0 Å². The van der Waals surface area contributed by atoms with Crippen LogP contribution in [0.2, 0.25) is 0 Å². The van der Waals surface area contributed by atoms with Gasteiger partial charge in [0.25, 0.3) is 0 Å². The van der Waals surface area contributed by atoms with Crippen LogP contribution in [-0.4, -0.2) is 31.1 Å². The van der Waals surface area contributed by atoms with E-state index in [4.69, 9.17) is 4.74 Å². The number of ether oxygens (including phenoxy) is 1. The molecule has 1 aliphatic heterocycles. The van der Waals surface area contributed by atoms with Crippen LogP contribution >= 0.6 is 0 Å². The van der Waals surface area contributed by atoms with Crippen molar-refractivity contribution in [3.8, 4) is 5.75 Å². The highest BCUT2D eigenvalue weighted by Crippen LogP contribution is 2.25. The van der Waals surface area contributed by atoms with Crippen LogP contribution in [0.1, 0.15) is 51.4 Å². The molecule has 0 unspecified atom stereocenters. The molecule has 0 spiro atoms. The van der Waals surface area contributed by atoms with Crippen LogP contribution in [-0.2, 0) is 0 Å². The number of hydrogen-bond acceptors (Lipinski definition) is 2. The van der Waals surface area contributed by atoms with Crippen LogP contribution in [0.5, 0.6) is 5.75 Å². The summed E-state index contributed by atoms with van der Waals surface area (Å²) in [6.45, 7) is 4.84. The van der Waals surface area contributed by atoms with E-state index in [1.807, 2.05) is 0 Å². The Balaban J connectivity index is 1.24. The molecule has 0 atom stereocenters. The fourth-order valence-electron chi connectivity index (χ4n) is 3.65. The molecule has 0 bridgehead atoms. The highest BCUT2D eigenvalue weighted by atomic mass is 16.5. The van der Waals surface area contributed by atoms with Crippen molar-refractivity contribution >= 4 is 10.8 Å². The molecule has 2 heteroatoms. The first-order chi connectivity index (χ1) is 11.9. The second-order valence-electron chi connectivity index (χ2n) is 7.00. The average Bonchev–Trinajstić information content (AvgIpc) is 3.14. The Hall–Kier alpha value is -1.54. The van der Waals surface area contributed by atoms with Gasteiger partial charge in [-0.05, 0) is 56.8 Å². The van der Waals surface area contributed by atoms with Gasteiger partial charge in [0, 0.05) is 5.39 Å². The zero-order valence-corrected chi connectivity index (χ0v) is 14.9. The van der Waals surface area contributed by atoms with Gasteiger partial charge in [0.2, 0.25) is 0 Å². The highest BCUT2D eigenvalue weighted by Gasteiger charge is 2.09. The standard InChI is InChI=1S/C22H31NO/c1(3-7-16-23-17-8-9-18-23)2-4-10-19-24-22-15-11-13-20-12-5-6-14-21(20)22/h5-6,11-15H,1-4,7-10,16-19H2. The molecule has 1 heterocycles. The maximum atomic E-state index is 6.01. The SMILES string of the molecule is c1ccc2c(OCCCCCCCCN3CCCC3)cccc2c1. The van der Waals surface area contributed by atoms with E-state index in [1.165, 1.54) is 75.4 Å². The summed E-state index contributed by atoms with van der Waals surface area (Å²) < 4.78 is 6.01. The van der Waals surface area contributed by atoms with E-state index in [-0.39, 0.29) is 0 Å². The molecule has 130 valence electrons. The Kier molecular flexibility index (Phi) is 6.97. The topological polar surface area (TPSA) is 12.5 Å². The molecule has 0 amide bonds. The third-order valence-electron chi connectivity index (χ3n) is 5.07. The van der Waals surface area contributed by atoms with Gasteiger partial charge in [-0.1, -0.05) is 62.1 Å². The molecular formula is C22H31NO. The summed E-state index contributed by atoms with van der Waals surface area (Å²) in [6.07, 6.45) is 10.8. The molecule has 1 fully saturated rings. The quantitative estimate of drug-likeness (QED) is 0.523. The second kappa shape index (κ2) is 9.68. The lowest BCUT2D eigenvalue weighted by Crippen LogP contribution is -2.20. The van der Waals surface area contributed by atoms with E-state index < -0.39 is 0 Å². The molecule has 1 saturated heterocycles. The van der Waals surface area contributed by atoms with Crippen LogP contribution < -0.4 is 4.74 Å². The van der Waals surface area contributed by atoms with Crippen molar-refractivity contribution in [3.05, 3.63) is 42.5 Å². The lowest BCUT2D eigenvalue weighted by atomic mass is 10.1. The summed E-state index contributed by atoms with van der Waals surface area (Å²) in [5, 5.41) is 2.48. The van der Waals surface area contributed by atoms with Crippen molar-refractivity contribution in [3.63, 3.8) is 0 Å². The predicted octanol–water partition coefficient (Wildman–Crippen LogP) is 5.66. The normalized spacial score (nSPS) is 15.2. The molecule has 0 radical (unpaired) electrons. The van der Waals surface area contributed by atoms with Crippen molar-refractivity contribution < 1.29 is 4.74 Å². The summed E-state index contributed by atoms with van der Waals surface area (Å²) in [6, 6.07) is 14.8. The van der Waals surface area contributed by atoms with Crippen LogP contribution in [0.15, 0.2) is 42.5 Å². The van der Waals surface area contributed by atoms with E-state index in [0.29, 0.717) is 0 Å². The number of fused-ring (bicyclic) bond motifs is 1. The van der Waals surface area contributed by atoms with Crippen molar-refractivity contribution in [1.82, 2.24) is 4.90 Å². The van der Waals surface area contributed by atoms with Crippen molar-refractivity contribution in [2.45, 2.75) is 51.4 Å². The van der Waals surface area contributed by atoms with Crippen molar-refractivity contribution in [1.29, 1.82) is 0 Å². The first-order valence-corrected chi connectivity index (χ1v) is 9.76. The fourth-order valence-corrected chi connectivity index (χ4v) is 3.65. The molecule has 1 aliphatic rings. The molecule has 2 nitrogen and oxygen atoms in total. The molecule has 24 heavy (non-hydrogen) atoms. The van der Waals surface area contributed by atoms with Crippen LogP contribution in [0.4, 0.5) is 0 Å². The van der Waals surface area contributed by atoms with Gasteiger partial charge < -0.3 is 9.64 Å². The first-order valence-electron chi connectivity index (χ1n) is 9.76. The first kappa shape index (κ1) is 17.3. The maximum Gasteiger partial charge on any atom is 0.127 e. The fraction of sp³-hybridized carbons (Fsp3) is 0.545. The van der Waals surface area contributed by atoms with Gasteiger partial charge in [-0.15, -0.1) is 0 Å². The van der Waals surface area contributed by atoms with Gasteiger partial charge in [0.05, 0.1) is 6.61 Å². The summed E-state index contributed by atoms with van der Waals surface area (Å²) in [7, 11) is 0. The molecule has 0 saturated carbocycles. The average molecular weight is 325 g/mol. The minimum atomic E-state index is 0.835. The second-order valence-corrected chi connectivity index (χ2v) is 7.00. The van der Waals surface area contributed by atoms with Gasteiger partial charge >= 0.3 is 0 Å². The lowest BCUT2D eigenvalue weighted by molar-refractivity contribution is 0.305. The van der Waals surface area contributed by atoms with Crippen LogP contribution in [0.25, 0.3) is 10.8 Å². The molecule has 0 aromatic heterocycles. The van der Waals surface area contributed by atoms with E-state index in [2.05, 4.69) is 47.4 Å². The Bertz CT molecular complexity index is 598. The van der Waals surface area contributed by atoms with Gasteiger partial charge in [-0.3, -0.25) is 0 Å². The molecule has 3 rings (SSSR count). The number of rotatable bonds is 10. The number of nitrogens with zero attached hydrogens (tertiary/aromatic N) is 1. The van der Waals surface area contributed by atoms with E-state index in [0.717, 1.165) is 18.8 Å². The van der Waals surface area contributed by atoms with E-state index >= 15 is 0 Å². The molecule has 2 aromatic rings. The highest BCUT2D eigenvalue weighted by molar-refractivity contribution is 5.88. The molecular weight excluding hydrogens is 294 g/mol. The van der Waals surface area contributed by atoms with Gasteiger partial charge in [-0.2, -0.15) is 0 Å². The Morgan fingerprint density at radius 1 is 0.750 bits per heavy atom. The summed E-state index contributed by atoms with van der Waals surface area (Å²) in [4.78, 5) is 2.62. The third-order valence-corrected chi connectivity index (χ3v) is 5.07. The minimum absolute atomic E-state index is 0.835. The largest absolute Gasteiger partial charge is 0.493 e. The summed E-state index contributed by atoms with van der Waals surface area (Å²) in [5.41, 5.74) is 0. The molecule has 0 aliphatic carbocycles. The Morgan fingerprint density at radius 3 is 2.33 bits per heavy atom.